The minimum absolute atomic E-state index is 0.0396. The minimum atomic E-state index is -0.570. The number of rotatable bonds is 6. The maximum absolute atomic E-state index is 12.0. The van der Waals surface area contributed by atoms with Crippen LogP contribution in [0.5, 0.6) is 0 Å². The maximum atomic E-state index is 12.0. The molecule has 0 fully saturated rings. The molecule has 0 spiro atoms. The molecule has 0 atom stereocenters. The summed E-state index contributed by atoms with van der Waals surface area (Å²) in [6, 6.07) is 5.94. The van der Waals surface area contributed by atoms with Crippen molar-refractivity contribution in [2.24, 2.45) is 0 Å². The van der Waals surface area contributed by atoms with E-state index in [2.05, 4.69) is 15.6 Å². The first kappa shape index (κ1) is 18.5. The second kappa shape index (κ2) is 8.29. The molecule has 1 aromatic carbocycles. The minimum Gasteiger partial charge on any atom is -0.326 e. The molecule has 0 bridgehead atoms. The summed E-state index contributed by atoms with van der Waals surface area (Å²) in [4.78, 5) is 48.0. The quantitative estimate of drug-likeness (QED) is 0.721. The van der Waals surface area contributed by atoms with E-state index in [1.165, 1.54) is 22.9 Å². The second-order valence-electron chi connectivity index (χ2n) is 5.20. The van der Waals surface area contributed by atoms with E-state index in [0.717, 1.165) is 0 Å². The fraction of sp³-hybridized carbons (Fsp3) is 0.250. The zero-order chi connectivity index (χ0) is 18.4. The number of nitrogens with zero attached hydrogens (tertiary/aromatic N) is 1. The maximum Gasteiger partial charge on any atom is 0.328 e. The first-order chi connectivity index (χ1) is 11.9. The molecule has 9 heteroatoms. The first-order valence-corrected chi connectivity index (χ1v) is 7.96. The monoisotopic (exact) mass is 364 g/mol. The summed E-state index contributed by atoms with van der Waals surface area (Å²) >= 11 is 6.08. The van der Waals surface area contributed by atoms with Crippen LogP contribution in [0, 0.1) is 0 Å². The number of aromatic amines is 1. The van der Waals surface area contributed by atoms with Crippen molar-refractivity contribution in [2.75, 3.05) is 10.6 Å². The highest BCUT2D eigenvalue weighted by Gasteiger charge is 2.08. The number of carbonyl (C=O) groups excluding carboxylic acids is 2. The first-order valence-electron chi connectivity index (χ1n) is 7.58. The number of hydrogen-bond acceptors (Lipinski definition) is 4. The van der Waals surface area contributed by atoms with Gasteiger partial charge in [-0.2, -0.15) is 0 Å². The van der Waals surface area contributed by atoms with Gasteiger partial charge in [-0.1, -0.05) is 18.5 Å². The van der Waals surface area contributed by atoms with E-state index in [9.17, 15) is 19.2 Å². The van der Waals surface area contributed by atoms with Gasteiger partial charge in [0.05, 0.1) is 10.7 Å². The van der Waals surface area contributed by atoms with Crippen molar-refractivity contribution >= 4 is 34.8 Å². The molecule has 0 saturated carbocycles. The highest BCUT2D eigenvalue weighted by Crippen LogP contribution is 2.25. The summed E-state index contributed by atoms with van der Waals surface area (Å²) in [5.41, 5.74) is -0.125. The van der Waals surface area contributed by atoms with E-state index in [0.29, 0.717) is 22.8 Å². The fourth-order valence-electron chi connectivity index (χ4n) is 2.00. The third-order valence-electron chi connectivity index (χ3n) is 3.32. The van der Waals surface area contributed by atoms with Crippen molar-refractivity contribution in [3.63, 3.8) is 0 Å². The van der Waals surface area contributed by atoms with Gasteiger partial charge < -0.3 is 15.2 Å². The molecule has 0 saturated heterocycles. The van der Waals surface area contributed by atoms with Crippen LogP contribution in [0.2, 0.25) is 5.02 Å². The average Bonchev–Trinajstić information content (AvgIpc) is 2.56. The number of benzene rings is 1. The Kier molecular flexibility index (Phi) is 6.13. The molecule has 0 unspecified atom stereocenters. The highest BCUT2D eigenvalue weighted by molar-refractivity contribution is 6.34. The third kappa shape index (κ3) is 5.32. The van der Waals surface area contributed by atoms with E-state index < -0.39 is 11.2 Å². The van der Waals surface area contributed by atoms with Crippen LogP contribution in [-0.2, 0) is 16.1 Å². The van der Waals surface area contributed by atoms with Gasteiger partial charge in [0.2, 0.25) is 11.8 Å². The lowest BCUT2D eigenvalue weighted by Crippen LogP contribution is -2.29. The van der Waals surface area contributed by atoms with Gasteiger partial charge in [-0.15, -0.1) is 0 Å². The van der Waals surface area contributed by atoms with Crippen LogP contribution in [0.15, 0.2) is 40.1 Å². The molecule has 0 aliphatic heterocycles. The molecule has 2 amide bonds. The van der Waals surface area contributed by atoms with Crippen LogP contribution in [-0.4, -0.2) is 21.4 Å². The molecule has 132 valence electrons. The van der Waals surface area contributed by atoms with Gasteiger partial charge in [-0.3, -0.25) is 19.4 Å². The molecule has 3 N–H and O–H groups in total. The number of anilines is 2. The van der Waals surface area contributed by atoms with Crippen LogP contribution >= 0.6 is 11.6 Å². The van der Waals surface area contributed by atoms with Crippen LogP contribution in [0.25, 0.3) is 0 Å². The van der Waals surface area contributed by atoms with Gasteiger partial charge in [-0.05, 0) is 18.2 Å². The fourth-order valence-corrected chi connectivity index (χ4v) is 2.23. The largest absolute Gasteiger partial charge is 0.328 e. The van der Waals surface area contributed by atoms with Crippen molar-refractivity contribution in [1.29, 1.82) is 0 Å². The Balaban J connectivity index is 1.96. The lowest BCUT2D eigenvalue weighted by atomic mass is 10.2. The van der Waals surface area contributed by atoms with Gasteiger partial charge >= 0.3 is 5.69 Å². The van der Waals surface area contributed by atoms with Crippen molar-refractivity contribution in [1.82, 2.24) is 9.55 Å². The van der Waals surface area contributed by atoms with E-state index in [1.807, 2.05) is 0 Å². The van der Waals surface area contributed by atoms with Gasteiger partial charge in [0.25, 0.3) is 5.56 Å². The van der Waals surface area contributed by atoms with E-state index >= 15 is 0 Å². The highest BCUT2D eigenvalue weighted by atomic mass is 35.5. The molecule has 2 aromatic rings. The Morgan fingerprint density at radius 2 is 1.92 bits per heavy atom. The summed E-state index contributed by atoms with van der Waals surface area (Å²) < 4.78 is 1.23. The van der Waals surface area contributed by atoms with Crippen LogP contribution in [0.1, 0.15) is 19.8 Å². The molecule has 0 aliphatic carbocycles. The molecule has 2 rings (SSSR count). The Bertz CT molecular complexity index is 903. The zero-order valence-electron chi connectivity index (χ0n) is 13.5. The van der Waals surface area contributed by atoms with Gasteiger partial charge in [0, 0.05) is 37.3 Å². The number of nitrogens with one attached hydrogen (secondary N) is 3. The number of amides is 2. The zero-order valence-corrected chi connectivity index (χ0v) is 14.2. The molecular weight excluding hydrogens is 348 g/mol. The Hall–Kier alpha value is -2.87. The van der Waals surface area contributed by atoms with Crippen molar-refractivity contribution < 1.29 is 9.59 Å². The Morgan fingerprint density at radius 3 is 2.56 bits per heavy atom. The van der Waals surface area contributed by atoms with Gasteiger partial charge in [0.15, 0.2) is 0 Å². The number of carbonyl (C=O) groups is 2. The number of aromatic nitrogens is 2. The average molecular weight is 365 g/mol. The van der Waals surface area contributed by atoms with Crippen molar-refractivity contribution in [3.05, 3.63) is 56.3 Å². The lowest BCUT2D eigenvalue weighted by molar-refractivity contribution is -0.117. The van der Waals surface area contributed by atoms with E-state index in [-0.39, 0.29) is 24.8 Å². The molecule has 0 radical (unpaired) electrons. The van der Waals surface area contributed by atoms with Gasteiger partial charge in [0.1, 0.15) is 0 Å². The summed E-state index contributed by atoms with van der Waals surface area (Å²) in [5, 5.41) is 5.60. The number of hydrogen-bond donors (Lipinski definition) is 3. The van der Waals surface area contributed by atoms with E-state index in [1.54, 1.807) is 19.1 Å². The normalized spacial score (nSPS) is 10.3. The summed E-state index contributed by atoms with van der Waals surface area (Å²) in [6.07, 6.45) is 1.70. The number of aryl methyl sites for hydroxylation is 1. The smallest absolute Gasteiger partial charge is 0.326 e. The predicted molar refractivity (Wildman–Crippen MR) is 94.9 cm³/mol. The number of H-pyrrole nitrogens is 1. The molecule has 1 heterocycles. The predicted octanol–water partition coefficient (Wildman–Crippen LogP) is 1.57. The molecule has 1 aromatic heterocycles. The van der Waals surface area contributed by atoms with Crippen LogP contribution in [0.4, 0.5) is 11.4 Å². The Labute approximate surface area is 147 Å². The SMILES string of the molecule is CCC(=O)Nc1ccc(NC(=O)CCn2ccc(=O)[nH]c2=O)cc1Cl. The third-order valence-corrected chi connectivity index (χ3v) is 3.64. The standard InChI is InChI=1S/C16H17ClN4O4/c1-2-13(22)19-12-4-3-10(9-11(12)17)18-14(23)5-7-21-8-6-15(24)20-16(21)25/h3-4,6,8-9H,2,5,7H2,1H3,(H,18,23)(H,19,22)(H,20,24,25). The van der Waals surface area contributed by atoms with Crippen LogP contribution < -0.4 is 21.9 Å². The molecule has 25 heavy (non-hydrogen) atoms. The lowest BCUT2D eigenvalue weighted by Gasteiger charge is -2.10. The van der Waals surface area contributed by atoms with Gasteiger partial charge in [-0.25, -0.2) is 4.79 Å². The second-order valence-corrected chi connectivity index (χ2v) is 5.61. The van der Waals surface area contributed by atoms with Crippen molar-refractivity contribution in [2.45, 2.75) is 26.3 Å². The van der Waals surface area contributed by atoms with E-state index in [4.69, 9.17) is 11.6 Å². The molecule has 8 nitrogen and oxygen atoms in total. The summed E-state index contributed by atoms with van der Waals surface area (Å²) in [6.45, 7) is 1.85. The number of halogens is 1. The summed E-state index contributed by atoms with van der Waals surface area (Å²) in [5.74, 6) is -0.482. The van der Waals surface area contributed by atoms with Crippen molar-refractivity contribution in [3.8, 4) is 0 Å². The van der Waals surface area contributed by atoms with Crippen LogP contribution in [0.3, 0.4) is 0 Å². The Morgan fingerprint density at radius 1 is 1.16 bits per heavy atom. The molecular formula is C16H17ClN4O4. The molecule has 0 aliphatic rings. The topological polar surface area (TPSA) is 113 Å². The summed E-state index contributed by atoms with van der Waals surface area (Å²) in [7, 11) is 0.